The van der Waals surface area contributed by atoms with Crippen molar-refractivity contribution < 1.29 is 4.42 Å². The number of imidazole rings is 1. The molecule has 0 atom stereocenters. The van der Waals surface area contributed by atoms with E-state index < -0.39 is 11.2 Å². The van der Waals surface area contributed by atoms with Crippen LogP contribution in [0.25, 0.3) is 22.6 Å². The number of fused-ring (bicyclic) bond motifs is 1. The Morgan fingerprint density at radius 1 is 1.13 bits per heavy atom. The summed E-state index contributed by atoms with van der Waals surface area (Å²) in [6.45, 7) is 4.83. The van der Waals surface area contributed by atoms with E-state index in [-0.39, 0.29) is 6.54 Å². The Morgan fingerprint density at radius 3 is 2.67 bits per heavy atom. The SMILES string of the molecule is CCCNc1nc2c(c(=O)n(C)c(=O)n2C)n1Cc1nnc(-c2cccc(C)c2)o1. The number of aromatic nitrogens is 6. The molecule has 0 saturated heterocycles. The second-order valence-corrected chi connectivity index (χ2v) is 7.20. The fraction of sp³-hybridized carbons (Fsp3) is 0.350. The van der Waals surface area contributed by atoms with Gasteiger partial charge in [0.2, 0.25) is 17.7 Å². The van der Waals surface area contributed by atoms with Crippen LogP contribution in [0.1, 0.15) is 24.8 Å². The molecule has 0 spiro atoms. The lowest BCUT2D eigenvalue weighted by atomic mass is 10.1. The van der Waals surface area contributed by atoms with Gasteiger partial charge in [-0.25, -0.2) is 4.79 Å². The van der Waals surface area contributed by atoms with Crippen LogP contribution in [0.2, 0.25) is 0 Å². The third kappa shape index (κ3) is 3.30. The Bertz CT molecular complexity index is 1340. The van der Waals surface area contributed by atoms with Crippen molar-refractivity contribution in [1.29, 1.82) is 0 Å². The van der Waals surface area contributed by atoms with E-state index in [0.29, 0.717) is 35.4 Å². The molecule has 0 radical (unpaired) electrons. The molecule has 30 heavy (non-hydrogen) atoms. The Morgan fingerprint density at radius 2 is 1.93 bits per heavy atom. The largest absolute Gasteiger partial charge is 0.419 e. The molecule has 0 bridgehead atoms. The molecule has 0 aliphatic heterocycles. The Hall–Kier alpha value is -3.69. The Labute approximate surface area is 171 Å². The van der Waals surface area contributed by atoms with Gasteiger partial charge in [0.15, 0.2) is 11.2 Å². The highest BCUT2D eigenvalue weighted by Crippen LogP contribution is 2.21. The fourth-order valence-electron chi connectivity index (χ4n) is 3.32. The molecule has 0 amide bonds. The molecule has 0 unspecified atom stereocenters. The third-order valence-corrected chi connectivity index (χ3v) is 4.91. The van der Waals surface area contributed by atoms with E-state index in [2.05, 4.69) is 20.5 Å². The number of nitrogens with zero attached hydrogens (tertiary/aromatic N) is 6. The number of aryl methyl sites for hydroxylation is 2. The monoisotopic (exact) mass is 409 g/mol. The molecular weight excluding hydrogens is 386 g/mol. The summed E-state index contributed by atoms with van der Waals surface area (Å²) in [5, 5.41) is 11.5. The lowest BCUT2D eigenvalue weighted by Gasteiger charge is -2.08. The summed E-state index contributed by atoms with van der Waals surface area (Å²) in [7, 11) is 3.04. The molecule has 4 rings (SSSR count). The van der Waals surface area contributed by atoms with Crippen LogP contribution in [-0.2, 0) is 20.6 Å². The average Bonchev–Trinajstić information content (AvgIpc) is 3.35. The van der Waals surface area contributed by atoms with Gasteiger partial charge in [-0.15, -0.1) is 10.2 Å². The molecule has 10 nitrogen and oxygen atoms in total. The second-order valence-electron chi connectivity index (χ2n) is 7.20. The van der Waals surface area contributed by atoms with E-state index in [9.17, 15) is 9.59 Å². The quantitative estimate of drug-likeness (QED) is 0.515. The van der Waals surface area contributed by atoms with Crippen LogP contribution in [0.4, 0.5) is 5.95 Å². The maximum Gasteiger partial charge on any atom is 0.332 e. The average molecular weight is 409 g/mol. The van der Waals surface area contributed by atoms with Crippen LogP contribution in [0.3, 0.4) is 0 Å². The van der Waals surface area contributed by atoms with Crippen LogP contribution in [-0.4, -0.2) is 35.4 Å². The highest BCUT2D eigenvalue weighted by Gasteiger charge is 2.21. The van der Waals surface area contributed by atoms with Gasteiger partial charge < -0.3 is 9.73 Å². The minimum atomic E-state index is -0.432. The van der Waals surface area contributed by atoms with Gasteiger partial charge in [0, 0.05) is 26.2 Å². The molecular formula is C20H23N7O3. The van der Waals surface area contributed by atoms with Gasteiger partial charge in [0.05, 0.1) is 0 Å². The first kappa shape index (κ1) is 19.6. The predicted octanol–water partition coefficient (Wildman–Crippen LogP) is 1.66. The maximum atomic E-state index is 12.9. The standard InChI is InChI=1S/C20H23N7O3/c1-5-9-21-19-22-16-15(18(28)26(4)20(29)25(16)3)27(19)11-14-23-24-17(30-14)13-8-6-7-12(2)10-13/h6-8,10H,5,9,11H2,1-4H3,(H,21,22). The molecule has 0 aliphatic rings. The van der Waals surface area contributed by atoms with Crippen LogP contribution < -0.4 is 16.6 Å². The van der Waals surface area contributed by atoms with E-state index >= 15 is 0 Å². The zero-order valence-electron chi connectivity index (χ0n) is 17.3. The minimum absolute atomic E-state index is 0.148. The summed E-state index contributed by atoms with van der Waals surface area (Å²) in [6, 6.07) is 7.78. The van der Waals surface area contributed by atoms with Crippen molar-refractivity contribution in [2.75, 3.05) is 11.9 Å². The molecule has 156 valence electrons. The molecule has 3 heterocycles. The van der Waals surface area contributed by atoms with Crippen molar-refractivity contribution in [1.82, 2.24) is 28.9 Å². The molecule has 1 N–H and O–H groups in total. The van der Waals surface area contributed by atoms with Crippen molar-refractivity contribution >= 4 is 17.1 Å². The van der Waals surface area contributed by atoms with E-state index in [4.69, 9.17) is 4.42 Å². The number of hydrogen-bond donors (Lipinski definition) is 1. The predicted molar refractivity (Wildman–Crippen MR) is 113 cm³/mol. The fourth-order valence-corrected chi connectivity index (χ4v) is 3.32. The molecule has 10 heteroatoms. The maximum absolute atomic E-state index is 12.9. The molecule has 1 aromatic carbocycles. The lowest BCUT2D eigenvalue weighted by Crippen LogP contribution is -2.37. The van der Waals surface area contributed by atoms with Gasteiger partial charge in [0.25, 0.3) is 5.56 Å². The summed E-state index contributed by atoms with van der Waals surface area (Å²) in [5.74, 6) is 1.21. The summed E-state index contributed by atoms with van der Waals surface area (Å²) < 4.78 is 9.96. The van der Waals surface area contributed by atoms with Gasteiger partial charge in [-0.05, 0) is 25.5 Å². The molecule has 3 aromatic heterocycles. The number of rotatable bonds is 6. The second kappa shape index (κ2) is 7.62. The van der Waals surface area contributed by atoms with Crippen molar-refractivity contribution in [2.24, 2.45) is 14.1 Å². The summed E-state index contributed by atoms with van der Waals surface area (Å²) in [5.41, 5.74) is 1.66. The topological polar surface area (TPSA) is 113 Å². The normalized spacial score (nSPS) is 11.3. The summed E-state index contributed by atoms with van der Waals surface area (Å²) in [4.78, 5) is 29.7. The zero-order chi connectivity index (χ0) is 21.4. The first-order chi connectivity index (χ1) is 14.4. The van der Waals surface area contributed by atoms with Gasteiger partial charge >= 0.3 is 5.69 Å². The number of hydrogen-bond acceptors (Lipinski definition) is 7. The van der Waals surface area contributed by atoms with Gasteiger partial charge in [-0.1, -0.05) is 24.6 Å². The summed E-state index contributed by atoms with van der Waals surface area (Å²) >= 11 is 0. The molecule has 4 aromatic rings. The highest BCUT2D eigenvalue weighted by atomic mass is 16.4. The minimum Gasteiger partial charge on any atom is -0.419 e. The van der Waals surface area contributed by atoms with E-state index in [0.717, 1.165) is 22.1 Å². The van der Waals surface area contributed by atoms with Gasteiger partial charge in [-0.3, -0.25) is 18.5 Å². The zero-order valence-corrected chi connectivity index (χ0v) is 17.3. The molecule has 0 fully saturated rings. The van der Waals surface area contributed by atoms with Crippen LogP contribution >= 0.6 is 0 Å². The number of nitrogens with one attached hydrogen (secondary N) is 1. The lowest BCUT2D eigenvalue weighted by molar-refractivity contribution is 0.491. The summed E-state index contributed by atoms with van der Waals surface area (Å²) in [6.07, 6.45) is 0.873. The van der Waals surface area contributed by atoms with E-state index in [1.54, 1.807) is 11.6 Å². The van der Waals surface area contributed by atoms with Gasteiger partial charge in [-0.2, -0.15) is 4.98 Å². The Kier molecular flexibility index (Phi) is 4.98. The number of anilines is 1. The van der Waals surface area contributed by atoms with Crippen molar-refractivity contribution in [2.45, 2.75) is 26.8 Å². The third-order valence-electron chi connectivity index (χ3n) is 4.91. The van der Waals surface area contributed by atoms with Gasteiger partial charge in [0.1, 0.15) is 6.54 Å². The van der Waals surface area contributed by atoms with Crippen LogP contribution in [0, 0.1) is 6.92 Å². The smallest absolute Gasteiger partial charge is 0.332 e. The van der Waals surface area contributed by atoms with E-state index in [1.807, 2.05) is 38.1 Å². The van der Waals surface area contributed by atoms with Crippen LogP contribution in [0.15, 0.2) is 38.3 Å². The van der Waals surface area contributed by atoms with E-state index in [1.165, 1.54) is 11.6 Å². The molecule has 0 aliphatic carbocycles. The molecule has 0 saturated carbocycles. The van der Waals surface area contributed by atoms with Crippen molar-refractivity contribution in [3.63, 3.8) is 0 Å². The number of benzene rings is 1. The van der Waals surface area contributed by atoms with Crippen LogP contribution in [0.5, 0.6) is 0 Å². The first-order valence-corrected chi connectivity index (χ1v) is 9.70. The first-order valence-electron chi connectivity index (χ1n) is 9.70. The highest BCUT2D eigenvalue weighted by molar-refractivity contribution is 5.74. The van der Waals surface area contributed by atoms with Crippen molar-refractivity contribution in [3.8, 4) is 11.5 Å². The Balaban J connectivity index is 1.82. The van der Waals surface area contributed by atoms with Crippen molar-refractivity contribution in [3.05, 3.63) is 56.6 Å².